The van der Waals surface area contributed by atoms with E-state index in [9.17, 15) is 9.59 Å². The number of carbonyl (C=O) groups excluding carboxylic acids is 2. The quantitative estimate of drug-likeness (QED) is 0.900. The monoisotopic (exact) mass is 338 g/mol. The van der Waals surface area contributed by atoms with Gasteiger partial charge in [-0.1, -0.05) is 60.7 Å². The lowest BCUT2D eigenvalue weighted by molar-refractivity contribution is -0.126. The fourth-order valence-electron chi connectivity index (χ4n) is 3.06. The second-order valence-electron chi connectivity index (χ2n) is 6.77. The number of amides is 2. The number of benzene rings is 2. The molecule has 3 rings (SSSR count). The highest BCUT2D eigenvalue weighted by molar-refractivity contribution is 5.87. The smallest absolute Gasteiger partial charge is 0.407 e. The molecule has 0 unspecified atom stereocenters. The Hall–Kier alpha value is -2.82. The van der Waals surface area contributed by atoms with Crippen molar-refractivity contribution in [1.29, 1.82) is 0 Å². The maximum atomic E-state index is 12.3. The minimum Gasteiger partial charge on any atom is -0.445 e. The number of carbonyl (C=O) groups is 2. The largest absolute Gasteiger partial charge is 0.445 e. The van der Waals surface area contributed by atoms with Gasteiger partial charge in [0.05, 0.1) is 17.5 Å². The fraction of sp³-hybridized carbons (Fsp3) is 0.300. The van der Waals surface area contributed by atoms with Crippen LogP contribution in [0.5, 0.6) is 0 Å². The van der Waals surface area contributed by atoms with Crippen LogP contribution < -0.4 is 10.6 Å². The average molecular weight is 338 g/mol. The summed E-state index contributed by atoms with van der Waals surface area (Å²) in [7, 11) is 0. The van der Waals surface area contributed by atoms with Gasteiger partial charge in [0.2, 0.25) is 5.91 Å². The van der Waals surface area contributed by atoms with Gasteiger partial charge in [0.25, 0.3) is 0 Å². The maximum absolute atomic E-state index is 12.3. The Labute approximate surface area is 147 Å². The van der Waals surface area contributed by atoms with E-state index < -0.39 is 17.6 Å². The number of nitrogens with one attached hydrogen (secondary N) is 2. The molecule has 1 fully saturated rings. The van der Waals surface area contributed by atoms with E-state index in [0.29, 0.717) is 0 Å². The van der Waals surface area contributed by atoms with Crippen LogP contribution in [0.15, 0.2) is 60.7 Å². The number of ether oxygens (including phenoxy) is 1. The summed E-state index contributed by atoms with van der Waals surface area (Å²) in [6.45, 7) is 3.85. The highest BCUT2D eigenvalue weighted by Crippen LogP contribution is 2.37. The molecule has 0 saturated carbocycles. The van der Waals surface area contributed by atoms with Crippen molar-refractivity contribution < 1.29 is 14.3 Å². The van der Waals surface area contributed by atoms with Gasteiger partial charge >= 0.3 is 6.09 Å². The SMILES string of the molecule is CC1(C)C(=O)N[C@H](c2ccccc2)[C@H]1NC(=O)OCc1ccccc1. The predicted octanol–water partition coefficient (Wildman–Crippen LogP) is 3.18. The Morgan fingerprint density at radius 1 is 1.08 bits per heavy atom. The lowest BCUT2D eigenvalue weighted by Gasteiger charge is -2.28. The average Bonchev–Trinajstić information content (AvgIpc) is 2.85. The first kappa shape index (κ1) is 17.0. The van der Waals surface area contributed by atoms with E-state index in [1.54, 1.807) is 0 Å². The zero-order chi connectivity index (χ0) is 17.9. The Bertz CT molecular complexity index is 744. The van der Waals surface area contributed by atoms with Crippen molar-refractivity contribution in [2.45, 2.75) is 32.5 Å². The summed E-state index contributed by atoms with van der Waals surface area (Å²) in [5, 5.41) is 5.85. The van der Waals surface area contributed by atoms with E-state index in [2.05, 4.69) is 10.6 Å². The highest BCUT2D eigenvalue weighted by atomic mass is 16.5. The van der Waals surface area contributed by atoms with Crippen LogP contribution in [0.2, 0.25) is 0 Å². The molecule has 2 aromatic carbocycles. The third-order valence-corrected chi connectivity index (χ3v) is 4.63. The fourth-order valence-corrected chi connectivity index (χ4v) is 3.06. The number of alkyl carbamates (subject to hydrolysis) is 1. The van der Waals surface area contributed by atoms with Gasteiger partial charge in [-0.15, -0.1) is 0 Å². The van der Waals surface area contributed by atoms with Crippen molar-refractivity contribution in [2.75, 3.05) is 0 Å². The van der Waals surface area contributed by atoms with E-state index in [4.69, 9.17) is 4.74 Å². The molecule has 2 N–H and O–H groups in total. The van der Waals surface area contributed by atoms with Crippen LogP contribution in [-0.4, -0.2) is 18.0 Å². The molecule has 1 saturated heterocycles. The van der Waals surface area contributed by atoms with Crippen molar-refractivity contribution in [2.24, 2.45) is 5.41 Å². The molecule has 5 heteroatoms. The highest BCUT2D eigenvalue weighted by Gasteiger charge is 2.50. The van der Waals surface area contributed by atoms with Gasteiger partial charge in [0.15, 0.2) is 0 Å². The Balaban J connectivity index is 1.71. The number of rotatable bonds is 4. The molecule has 1 aliphatic heterocycles. The van der Waals surface area contributed by atoms with Gasteiger partial charge in [-0.25, -0.2) is 4.79 Å². The van der Waals surface area contributed by atoms with Crippen LogP contribution in [0.4, 0.5) is 4.79 Å². The Morgan fingerprint density at radius 2 is 1.68 bits per heavy atom. The summed E-state index contributed by atoms with van der Waals surface area (Å²) >= 11 is 0. The first-order chi connectivity index (χ1) is 12.0. The van der Waals surface area contributed by atoms with Crippen LogP contribution in [0.1, 0.15) is 31.0 Å². The lowest BCUT2D eigenvalue weighted by Crippen LogP contribution is -2.46. The summed E-state index contributed by atoms with van der Waals surface area (Å²) in [6.07, 6.45) is -0.528. The normalized spacial score (nSPS) is 21.4. The topological polar surface area (TPSA) is 67.4 Å². The molecule has 0 spiro atoms. The molecule has 2 aromatic rings. The maximum Gasteiger partial charge on any atom is 0.407 e. The van der Waals surface area contributed by atoms with Crippen molar-refractivity contribution >= 4 is 12.0 Å². The standard InChI is InChI=1S/C20H22N2O3/c1-20(2)17(16(21-18(20)23)15-11-7-4-8-12-15)22-19(24)25-13-14-9-5-3-6-10-14/h3-12,16-17H,13H2,1-2H3,(H,21,23)(H,22,24)/t16-,17-/m1/s1. The second-order valence-corrected chi connectivity index (χ2v) is 6.77. The predicted molar refractivity (Wildman–Crippen MR) is 94.7 cm³/mol. The van der Waals surface area contributed by atoms with Crippen LogP contribution in [0.3, 0.4) is 0 Å². The molecule has 1 aliphatic rings. The summed E-state index contributed by atoms with van der Waals surface area (Å²) in [4.78, 5) is 24.6. The van der Waals surface area contributed by atoms with E-state index in [0.717, 1.165) is 11.1 Å². The molecule has 25 heavy (non-hydrogen) atoms. The van der Waals surface area contributed by atoms with Crippen LogP contribution >= 0.6 is 0 Å². The van der Waals surface area contributed by atoms with Crippen LogP contribution in [0, 0.1) is 5.41 Å². The van der Waals surface area contributed by atoms with Gasteiger partial charge in [-0.2, -0.15) is 0 Å². The van der Waals surface area contributed by atoms with Crippen LogP contribution in [-0.2, 0) is 16.1 Å². The number of hydrogen-bond donors (Lipinski definition) is 2. The molecular formula is C20H22N2O3. The van der Waals surface area contributed by atoms with Gasteiger partial charge in [0, 0.05) is 0 Å². The number of hydrogen-bond acceptors (Lipinski definition) is 3. The molecule has 5 nitrogen and oxygen atoms in total. The third-order valence-electron chi connectivity index (χ3n) is 4.63. The van der Waals surface area contributed by atoms with E-state index in [-0.39, 0.29) is 18.6 Å². The summed E-state index contributed by atoms with van der Waals surface area (Å²) in [5.74, 6) is -0.0882. The first-order valence-electron chi connectivity index (χ1n) is 8.31. The molecule has 130 valence electrons. The molecule has 2 amide bonds. The molecule has 0 radical (unpaired) electrons. The van der Waals surface area contributed by atoms with Gasteiger partial charge in [0.1, 0.15) is 6.61 Å². The third kappa shape index (κ3) is 3.65. The van der Waals surface area contributed by atoms with E-state index >= 15 is 0 Å². The summed E-state index contributed by atoms with van der Waals surface area (Å²) < 4.78 is 5.31. The Morgan fingerprint density at radius 3 is 2.32 bits per heavy atom. The Kier molecular flexibility index (Phi) is 4.74. The van der Waals surface area contributed by atoms with E-state index in [1.165, 1.54) is 0 Å². The minimum atomic E-state index is -0.730. The molecule has 0 aliphatic carbocycles. The lowest BCUT2D eigenvalue weighted by atomic mass is 9.82. The van der Waals surface area contributed by atoms with Crippen molar-refractivity contribution in [3.05, 3.63) is 71.8 Å². The molecule has 2 atom stereocenters. The molecule has 1 heterocycles. The molecular weight excluding hydrogens is 316 g/mol. The zero-order valence-electron chi connectivity index (χ0n) is 14.4. The van der Waals surface area contributed by atoms with Gasteiger partial charge in [-0.05, 0) is 25.0 Å². The summed E-state index contributed by atoms with van der Waals surface area (Å²) in [6, 6.07) is 18.4. The van der Waals surface area contributed by atoms with E-state index in [1.807, 2.05) is 74.5 Å². The van der Waals surface area contributed by atoms with Gasteiger partial charge in [-0.3, -0.25) is 4.79 Å². The van der Waals surface area contributed by atoms with Crippen molar-refractivity contribution in [3.8, 4) is 0 Å². The summed E-state index contributed by atoms with van der Waals surface area (Å²) in [5.41, 5.74) is 1.14. The molecule has 0 bridgehead atoms. The second kappa shape index (κ2) is 6.97. The minimum absolute atomic E-state index is 0.0882. The van der Waals surface area contributed by atoms with Gasteiger partial charge < -0.3 is 15.4 Å². The van der Waals surface area contributed by atoms with Crippen molar-refractivity contribution in [1.82, 2.24) is 10.6 Å². The van der Waals surface area contributed by atoms with Crippen molar-refractivity contribution in [3.63, 3.8) is 0 Å². The first-order valence-corrected chi connectivity index (χ1v) is 8.31. The molecule has 0 aromatic heterocycles. The van der Waals surface area contributed by atoms with Crippen LogP contribution in [0.25, 0.3) is 0 Å². The zero-order valence-corrected chi connectivity index (χ0v) is 14.4.